The van der Waals surface area contributed by atoms with Crippen LogP contribution in [0.2, 0.25) is 10.0 Å². The average molecular weight is 645 g/mol. The number of aromatic nitrogens is 1. The van der Waals surface area contributed by atoms with E-state index < -0.39 is 50.8 Å². The zero-order valence-electron chi connectivity index (χ0n) is 21.8. The maximum Gasteiger partial charge on any atom is 0.430 e. The van der Waals surface area contributed by atoms with Crippen molar-refractivity contribution in [3.05, 3.63) is 38.4 Å². The summed E-state index contributed by atoms with van der Waals surface area (Å²) in [6.07, 6.45) is -10.2. The van der Waals surface area contributed by atoms with Crippen LogP contribution < -0.4 is 5.32 Å². The summed E-state index contributed by atoms with van der Waals surface area (Å²) in [4.78, 5) is 32.0. The lowest BCUT2D eigenvalue weighted by Crippen LogP contribution is -2.54. The van der Waals surface area contributed by atoms with Gasteiger partial charge in [0.05, 0.1) is 26.4 Å². The van der Waals surface area contributed by atoms with Crippen LogP contribution in [0.4, 0.5) is 26.3 Å². The van der Waals surface area contributed by atoms with Crippen molar-refractivity contribution in [3.63, 3.8) is 0 Å². The number of carbonyl (C=O) groups excluding carboxylic acids is 2. The largest absolute Gasteiger partial charge is 0.430 e. The van der Waals surface area contributed by atoms with Crippen LogP contribution in [0.5, 0.6) is 0 Å². The van der Waals surface area contributed by atoms with E-state index in [0.717, 1.165) is 12.5 Å². The summed E-state index contributed by atoms with van der Waals surface area (Å²) in [5, 5.41) is 19.2. The topological polar surface area (TPSA) is 106 Å². The molecule has 0 spiro atoms. The van der Waals surface area contributed by atoms with E-state index in [0.29, 0.717) is 36.8 Å². The van der Waals surface area contributed by atoms with Crippen molar-refractivity contribution in [3.8, 4) is 16.5 Å². The molecule has 16 heteroatoms. The third kappa shape index (κ3) is 6.28. The van der Waals surface area contributed by atoms with Crippen molar-refractivity contribution in [2.75, 3.05) is 13.1 Å². The lowest BCUT2D eigenvalue weighted by Gasteiger charge is -2.34. The van der Waals surface area contributed by atoms with Crippen LogP contribution in [-0.2, 0) is 5.60 Å². The molecule has 2 aromatic rings. The summed E-state index contributed by atoms with van der Waals surface area (Å²) in [6.45, 7) is 5.21. The minimum absolute atomic E-state index is 0.0849. The Morgan fingerprint density at radius 1 is 1.15 bits per heavy atom. The summed E-state index contributed by atoms with van der Waals surface area (Å²) in [6, 6.07) is 2.85. The molecule has 0 bridgehead atoms. The monoisotopic (exact) mass is 644 g/mol. The molecule has 0 unspecified atom stereocenters. The Labute approximate surface area is 245 Å². The zero-order chi connectivity index (χ0) is 31.1. The van der Waals surface area contributed by atoms with Crippen LogP contribution in [-0.4, -0.2) is 58.3 Å². The van der Waals surface area contributed by atoms with Gasteiger partial charge in [-0.2, -0.15) is 31.6 Å². The summed E-state index contributed by atoms with van der Waals surface area (Å²) < 4.78 is 81.1. The minimum atomic E-state index is -6.21. The number of halogens is 8. The van der Waals surface area contributed by atoms with Crippen molar-refractivity contribution in [1.29, 1.82) is 5.26 Å². The van der Waals surface area contributed by atoms with Gasteiger partial charge < -0.3 is 15.3 Å². The molecule has 1 fully saturated rings. The third-order valence-corrected chi connectivity index (χ3v) is 8.59. The highest BCUT2D eigenvalue weighted by Gasteiger charge is 2.72. The fraction of sp³-hybridized carbons (Fsp3) is 0.520. The Kier molecular flexibility index (Phi) is 9.30. The van der Waals surface area contributed by atoms with Crippen molar-refractivity contribution in [1.82, 2.24) is 15.2 Å². The van der Waals surface area contributed by atoms with Crippen LogP contribution in [0.15, 0.2) is 12.1 Å². The quantitative estimate of drug-likeness (QED) is 0.340. The Balaban J connectivity index is 2.19. The van der Waals surface area contributed by atoms with Gasteiger partial charge in [-0.15, -0.1) is 11.3 Å². The Bertz CT molecular complexity index is 1370. The van der Waals surface area contributed by atoms with Crippen molar-refractivity contribution in [2.45, 2.75) is 64.0 Å². The smallest absolute Gasteiger partial charge is 0.369 e. The summed E-state index contributed by atoms with van der Waals surface area (Å²) in [7, 11) is 0. The van der Waals surface area contributed by atoms with E-state index in [9.17, 15) is 46.3 Å². The number of likely N-dealkylation sites (tertiary alicyclic amines) is 1. The minimum Gasteiger partial charge on any atom is -0.369 e. The van der Waals surface area contributed by atoms with Crippen LogP contribution in [0.25, 0.3) is 10.4 Å². The molecule has 224 valence electrons. The van der Waals surface area contributed by atoms with Gasteiger partial charge in [0.1, 0.15) is 5.69 Å². The van der Waals surface area contributed by atoms with Gasteiger partial charge in [-0.05, 0) is 40.0 Å². The predicted molar refractivity (Wildman–Crippen MR) is 140 cm³/mol. The maximum atomic E-state index is 13.6. The number of nitrogens with one attached hydrogen (secondary N) is 1. The molecular formula is C25H24Cl2F6N4O3S. The third-order valence-electron chi connectivity index (χ3n) is 6.62. The highest BCUT2D eigenvalue weighted by Crippen LogP contribution is 2.54. The molecule has 2 N–H and O–H groups in total. The molecule has 1 atom stereocenters. The SMILES string of the molecule is C[C@H]1CCCCN1C(=O)c1nc(C(=O)NCC(C)(C)C#N)sc1-c1ccc(C(O)(C(F)(F)F)C(F)(F)F)c(Cl)c1Cl. The molecule has 41 heavy (non-hydrogen) atoms. The predicted octanol–water partition coefficient (Wildman–Crippen LogP) is 6.72. The summed E-state index contributed by atoms with van der Waals surface area (Å²) in [5.74, 6) is -1.40. The highest BCUT2D eigenvalue weighted by atomic mass is 35.5. The number of piperidine rings is 1. The van der Waals surface area contributed by atoms with Gasteiger partial charge in [0.15, 0.2) is 5.01 Å². The van der Waals surface area contributed by atoms with Gasteiger partial charge in [0.25, 0.3) is 17.4 Å². The number of aliphatic hydroxyl groups is 1. The second-order valence-corrected chi connectivity index (χ2v) is 12.0. The van der Waals surface area contributed by atoms with Gasteiger partial charge in [-0.25, -0.2) is 4.98 Å². The van der Waals surface area contributed by atoms with Gasteiger partial charge in [-0.3, -0.25) is 9.59 Å². The number of hydrogen-bond acceptors (Lipinski definition) is 6. The van der Waals surface area contributed by atoms with Gasteiger partial charge in [0.2, 0.25) is 0 Å². The molecule has 2 heterocycles. The number of carbonyl (C=O) groups is 2. The fourth-order valence-corrected chi connectivity index (χ4v) is 5.79. The van der Waals surface area contributed by atoms with E-state index in [1.54, 1.807) is 20.8 Å². The second-order valence-electron chi connectivity index (χ2n) is 10.2. The first kappa shape index (κ1) is 32.9. The Hall–Kier alpha value is -2.60. The molecule has 0 aliphatic carbocycles. The molecule has 7 nitrogen and oxygen atoms in total. The molecule has 3 rings (SSSR count). The van der Waals surface area contributed by atoms with Crippen LogP contribution in [0.3, 0.4) is 0 Å². The second kappa shape index (κ2) is 11.6. The van der Waals surface area contributed by atoms with Crippen molar-refractivity contribution < 1.29 is 41.0 Å². The molecule has 2 amide bonds. The molecule has 0 saturated carbocycles. The first-order chi connectivity index (χ1) is 18.8. The lowest BCUT2D eigenvalue weighted by atomic mass is 9.91. The van der Waals surface area contributed by atoms with E-state index in [-0.39, 0.29) is 33.7 Å². The first-order valence-corrected chi connectivity index (χ1v) is 13.7. The standard InChI is InChI=1S/C25H24Cl2F6N4O3S/c1-12-6-4-5-9-37(12)21(39)17-18(41-20(36-17)19(38)35-11-22(2,3)10-34)13-7-8-14(16(27)15(13)26)23(40,24(28,29)30)25(31,32)33/h7-8,12,40H,4-6,9,11H2,1-3H3,(H,35,38)/t12-/m0/s1. The molecular weight excluding hydrogens is 621 g/mol. The van der Waals surface area contributed by atoms with E-state index >= 15 is 0 Å². The Morgan fingerprint density at radius 2 is 1.76 bits per heavy atom. The Morgan fingerprint density at radius 3 is 2.29 bits per heavy atom. The molecule has 1 aliphatic rings. The number of alkyl halides is 6. The number of hydrogen-bond donors (Lipinski definition) is 2. The van der Waals surface area contributed by atoms with Crippen LogP contribution in [0.1, 0.15) is 65.9 Å². The number of amides is 2. The number of nitriles is 1. The number of rotatable bonds is 6. The lowest BCUT2D eigenvalue weighted by molar-refractivity contribution is -0.376. The van der Waals surface area contributed by atoms with Gasteiger partial charge in [0, 0.05) is 30.3 Å². The molecule has 1 aromatic carbocycles. The van der Waals surface area contributed by atoms with Crippen LogP contribution in [0, 0.1) is 16.7 Å². The molecule has 1 saturated heterocycles. The van der Waals surface area contributed by atoms with E-state index in [1.165, 1.54) is 4.90 Å². The fourth-order valence-electron chi connectivity index (χ4n) is 4.17. The highest BCUT2D eigenvalue weighted by molar-refractivity contribution is 7.17. The van der Waals surface area contributed by atoms with Gasteiger partial charge >= 0.3 is 12.4 Å². The first-order valence-electron chi connectivity index (χ1n) is 12.1. The molecule has 1 aliphatic heterocycles. The summed E-state index contributed by atoms with van der Waals surface area (Å²) in [5.41, 5.74) is -8.62. The van der Waals surface area contributed by atoms with E-state index in [1.807, 2.05) is 6.07 Å². The number of benzene rings is 1. The van der Waals surface area contributed by atoms with Crippen LogP contribution >= 0.6 is 34.5 Å². The molecule has 1 aromatic heterocycles. The molecule has 0 radical (unpaired) electrons. The normalized spacial score (nSPS) is 16.9. The zero-order valence-corrected chi connectivity index (χ0v) is 24.1. The van der Waals surface area contributed by atoms with E-state index in [2.05, 4.69) is 10.3 Å². The van der Waals surface area contributed by atoms with Crippen molar-refractivity contribution in [2.24, 2.45) is 5.41 Å². The van der Waals surface area contributed by atoms with Gasteiger partial charge in [-0.1, -0.05) is 35.3 Å². The van der Waals surface area contributed by atoms with Crippen molar-refractivity contribution >= 4 is 46.4 Å². The summed E-state index contributed by atoms with van der Waals surface area (Å²) >= 11 is 12.7. The van der Waals surface area contributed by atoms with E-state index in [4.69, 9.17) is 23.2 Å². The maximum absolute atomic E-state index is 13.6. The number of nitrogens with zero attached hydrogens (tertiary/aromatic N) is 3. The number of thiazole rings is 1. The average Bonchev–Trinajstić information content (AvgIpc) is 3.32.